The van der Waals surface area contributed by atoms with Gasteiger partial charge in [-0.2, -0.15) is 0 Å². The van der Waals surface area contributed by atoms with Gasteiger partial charge in [-0.05, 0) is 42.8 Å². The lowest BCUT2D eigenvalue weighted by molar-refractivity contribution is -0.117. The Kier molecular flexibility index (Phi) is 8.71. The first-order valence-electron chi connectivity index (χ1n) is 8.26. The summed E-state index contributed by atoms with van der Waals surface area (Å²) < 4.78 is 18.5. The Labute approximate surface area is 163 Å². The lowest BCUT2D eigenvalue weighted by atomic mass is 10.1. The number of anilines is 2. The lowest BCUT2D eigenvalue weighted by Gasteiger charge is -2.15. The molecule has 2 rings (SSSR count). The van der Waals surface area contributed by atoms with Gasteiger partial charge in [0.1, 0.15) is 11.6 Å². The first-order valence-corrected chi connectivity index (χ1v) is 8.26. The Morgan fingerprint density at radius 2 is 1.93 bits per heavy atom. The van der Waals surface area contributed by atoms with Gasteiger partial charge < -0.3 is 21.1 Å². The molecule has 0 spiro atoms. The Morgan fingerprint density at radius 1 is 1.19 bits per heavy atom. The Bertz CT molecular complexity index is 802. The van der Waals surface area contributed by atoms with Crippen molar-refractivity contribution < 1.29 is 18.7 Å². The zero-order chi connectivity index (χ0) is 19.1. The quantitative estimate of drug-likeness (QED) is 0.668. The van der Waals surface area contributed by atoms with Gasteiger partial charge in [0, 0.05) is 11.3 Å². The van der Waals surface area contributed by atoms with Crippen LogP contribution in [0.3, 0.4) is 0 Å². The van der Waals surface area contributed by atoms with Crippen LogP contribution in [0.4, 0.5) is 15.8 Å². The highest BCUT2D eigenvalue weighted by atomic mass is 35.5. The molecule has 0 radical (unpaired) electrons. The molecule has 1 unspecified atom stereocenters. The topological polar surface area (TPSA) is 93.5 Å². The van der Waals surface area contributed by atoms with E-state index in [0.29, 0.717) is 23.5 Å². The number of hydrogen-bond donors (Lipinski definition) is 3. The predicted molar refractivity (Wildman–Crippen MR) is 106 cm³/mol. The normalized spacial score (nSPS) is 11.1. The lowest BCUT2D eigenvalue weighted by Crippen LogP contribution is -2.35. The summed E-state index contributed by atoms with van der Waals surface area (Å²) >= 11 is 0. The minimum Gasteiger partial charge on any atom is -0.495 e. The van der Waals surface area contributed by atoms with E-state index in [1.54, 1.807) is 18.2 Å². The maximum atomic E-state index is 13.3. The molecule has 0 bridgehead atoms. The van der Waals surface area contributed by atoms with Crippen molar-refractivity contribution in [2.75, 3.05) is 17.7 Å². The number of nitrogens with two attached hydrogens (primary N) is 1. The Balaban J connectivity index is 0.00000364. The molecule has 2 aromatic rings. The van der Waals surface area contributed by atoms with E-state index in [-0.39, 0.29) is 23.9 Å². The van der Waals surface area contributed by atoms with Gasteiger partial charge in [-0.1, -0.05) is 19.4 Å². The van der Waals surface area contributed by atoms with Crippen LogP contribution in [-0.4, -0.2) is 25.0 Å². The number of carbonyl (C=O) groups is 2. The fourth-order valence-corrected chi connectivity index (χ4v) is 2.38. The highest BCUT2D eigenvalue weighted by Crippen LogP contribution is 2.28. The summed E-state index contributed by atoms with van der Waals surface area (Å²) in [6, 6.07) is 9.56. The third kappa shape index (κ3) is 6.23. The van der Waals surface area contributed by atoms with Crippen LogP contribution in [0.5, 0.6) is 5.75 Å². The first kappa shape index (κ1) is 22.4. The van der Waals surface area contributed by atoms with Gasteiger partial charge in [0.25, 0.3) is 5.91 Å². The van der Waals surface area contributed by atoms with Gasteiger partial charge in [-0.25, -0.2) is 4.39 Å². The van der Waals surface area contributed by atoms with E-state index in [1.807, 2.05) is 6.92 Å². The average Bonchev–Trinajstić information content (AvgIpc) is 2.62. The maximum Gasteiger partial charge on any atom is 0.255 e. The summed E-state index contributed by atoms with van der Waals surface area (Å²) in [6.07, 6.45) is 1.37. The number of rotatable bonds is 7. The Hall–Kier alpha value is -2.64. The molecule has 0 heterocycles. The van der Waals surface area contributed by atoms with Crippen molar-refractivity contribution in [3.63, 3.8) is 0 Å². The highest BCUT2D eigenvalue weighted by Gasteiger charge is 2.15. The first-order chi connectivity index (χ1) is 12.4. The standard InChI is InChI=1S/C19H22FN3O3.ClH/c1-3-5-15(21)19(25)22-14-8-9-17(26-2)16(11-14)23-18(24)12-6-4-7-13(20)10-12;/h4,6-11,15H,3,5,21H2,1-2H3,(H,22,25)(H,23,24);1H. The fraction of sp³-hybridized carbons (Fsp3) is 0.263. The van der Waals surface area contributed by atoms with Crippen molar-refractivity contribution in [2.45, 2.75) is 25.8 Å². The van der Waals surface area contributed by atoms with Crippen LogP contribution in [0.15, 0.2) is 42.5 Å². The molecule has 8 heteroatoms. The number of hydrogen-bond acceptors (Lipinski definition) is 4. The summed E-state index contributed by atoms with van der Waals surface area (Å²) in [5.74, 6) is -0.894. The molecule has 0 saturated heterocycles. The van der Waals surface area contributed by atoms with Gasteiger partial charge in [0.15, 0.2) is 0 Å². The molecular weight excluding hydrogens is 373 g/mol. The van der Waals surface area contributed by atoms with Gasteiger partial charge in [0.2, 0.25) is 5.91 Å². The summed E-state index contributed by atoms with van der Waals surface area (Å²) in [5, 5.41) is 5.37. The SMILES string of the molecule is CCCC(N)C(=O)Nc1ccc(OC)c(NC(=O)c2cccc(F)c2)c1.Cl. The summed E-state index contributed by atoms with van der Waals surface area (Å²) in [4.78, 5) is 24.4. The molecule has 2 amide bonds. The van der Waals surface area contributed by atoms with Gasteiger partial charge >= 0.3 is 0 Å². The van der Waals surface area contributed by atoms with Gasteiger partial charge in [0.05, 0.1) is 18.8 Å². The summed E-state index contributed by atoms with van der Waals surface area (Å²) in [7, 11) is 1.46. The second-order valence-electron chi connectivity index (χ2n) is 5.76. The predicted octanol–water partition coefficient (Wildman–Crippen LogP) is 3.57. The third-order valence-electron chi connectivity index (χ3n) is 3.74. The summed E-state index contributed by atoms with van der Waals surface area (Å²) in [5.41, 5.74) is 6.79. The number of methoxy groups -OCH3 is 1. The smallest absolute Gasteiger partial charge is 0.255 e. The minimum absolute atomic E-state index is 0. The van der Waals surface area contributed by atoms with Crippen molar-refractivity contribution in [3.05, 3.63) is 53.8 Å². The van der Waals surface area contributed by atoms with E-state index in [1.165, 1.54) is 25.3 Å². The number of benzene rings is 2. The minimum atomic E-state index is -0.604. The largest absolute Gasteiger partial charge is 0.495 e. The van der Waals surface area contributed by atoms with Crippen LogP contribution in [0, 0.1) is 5.82 Å². The molecule has 27 heavy (non-hydrogen) atoms. The number of amides is 2. The van der Waals surface area contributed by atoms with Crippen molar-refractivity contribution in [2.24, 2.45) is 5.73 Å². The molecular formula is C19H23ClFN3O3. The zero-order valence-electron chi connectivity index (χ0n) is 15.1. The fourth-order valence-electron chi connectivity index (χ4n) is 2.38. The van der Waals surface area contributed by atoms with Crippen LogP contribution < -0.4 is 21.1 Å². The molecule has 0 fully saturated rings. The third-order valence-corrected chi connectivity index (χ3v) is 3.74. The maximum absolute atomic E-state index is 13.3. The average molecular weight is 396 g/mol. The number of ether oxygens (including phenoxy) is 1. The van der Waals surface area contributed by atoms with Crippen LogP contribution in [0.1, 0.15) is 30.1 Å². The molecule has 0 aliphatic heterocycles. The molecule has 0 saturated carbocycles. The molecule has 0 aliphatic rings. The van der Waals surface area contributed by atoms with E-state index >= 15 is 0 Å². The van der Waals surface area contributed by atoms with Crippen LogP contribution >= 0.6 is 12.4 Å². The molecule has 146 valence electrons. The summed E-state index contributed by atoms with van der Waals surface area (Å²) in [6.45, 7) is 1.95. The molecule has 1 atom stereocenters. The number of nitrogens with one attached hydrogen (secondary N) is 2. The number of halogens is 2. The molecule has 0 aliphatic carbocycles. The number of carbonyl (C=O) groups excluding carboxylic acids is 2. The van der Waals surface area contributed by atoms with Crippen LogP contribution in [0.2, 0.25) is 0 Å². The second-order valence-corrected chi connectivity index (χ2v) is 5.76. The zero-order valence-corrected chi connectivity index (χ0v) is 15.9. The van der Waals surface area contributed by atoms with E-state index in [4.69, 9.17) is 10.5 Å². The van der Waals surface area contributed by atoms with E-state index in [0.717, 1.165) is 12.5 Å². The van der Waals surface area contributed by atoms with E-state index in [9.17, 15) is 14.0 Å². The van der Waals surface area contributed by atoms with Gasteiger partial charge in [-0.3, -0.25) is 9.59 Å². The molecule has 6 nitrogen and oxygen atoms in total. The van der Waals surface area contributed by atoms with Crippen molar-refractivity contribution in [1.29, 1.82) is 0 Å². The van der Waals surface area contributed by atoms with Crippen molar-refractivity contribution in [1.82, 2.24) is 0 Å². The van der Waals surface area contributed by atoms with Crippen molar-refractivity contribution >= 4 is 35.6 Å². The molecule has 0 aromatic heterocycles. The second kappa shape index (κ2) is 10.5. The van der Waals surface area contributed by atoms with E-state index < -0.39 is 17.8 Å². The monoisotopic (exact) mass is 395 g/mol. The van der Waals surface area contributed by atoms with Crippen LogP contribution in [-0.2, 0) is 4.79 Å². The van der Waals surface area contributed by atoms with Crippen LogP contribution in [0.25, 0.3) is 0 Å². The molecule has 2 aromatic carbocycles. The Morgan fingerprint density at radius 3 is 2.56 bits per heavy atom. The van der Waals surface area contributed by atoms with Gasteiger partial charge in [-0.15, -0.1) is 12.4 Å². The van der Waals surface area contributed by atoms with Crippen molar-refractivity contribution in [3.8, 4) is 5.75 Å². The highest BCUT2D eigenvalue weighted by molar-refractivity contribution is 6.05. The molecule has 4 N–H and O–H groups in total. The van der Waals surface area contributed by atoms with E-state index in [2.05, 4.69) is 10.6 Å².